The van der Waals surface area contributed by atoms with Crippen molar-refractivity contribution in [3.05, 3.63) is 29.6 Å². The van der Waals surface area contributed by atoms with Gasteiger partial charge < -0.3 is 5.32 Å². The lowest BCUT2D eigenvalue weighted by Crippen LogP contribution is -2.41. The normalized spacial score (nSPS) is 21.3. The summed E-state index contributed by atoms with van der Waals surface area (Å²) in [6.07, 6.45) is -3.91. The van der Waals surface area contributed by atoms with Crippen LogP contribution in [-0.4, -0.2) is 33.1 Å². The van der Waals surface area contributed by atoms with Gasteiger partial charge in [0.05, 0.1) is 17.2 Å². The number of hydrogen-bond donors (Lipinski definition) is 1. The molecule has 0 aliphatic carbocycles. The van der Waals surface area contributed by atoms with Crippen molar-refractivity contribution in [1.29, 1.82) is 0 Å². The molecule has 0 saturated carbocycles. The summed E-state index contributed by atoms with van der Waals surface area (Å²) in [5.74, 6) is -5.27. The molecule has 0 amide bonds. The van der Waals surface area contributed by atoms with E-state index in [4.69, 9.17) is 0 Å². The van der Waals surface area contributed by atoms with Crippen molar-refractivity contribution in [2.45, 2.75) is 29.7 Å². The van der Waals surface area contributed by atoms with Crippen molar-refractivity contribution in [3.63, 3.8) is 0 Å². The summed E-state index contributed by atoms with van der Waals surface area (Å²) in [5.41, 5.74) is -0.00804. The summed E-state index contributed by atoms with van der Waals surface area (Å²) in [5, 5.41) is 2.20. The number of rotatable bonds is 4. The summed E-state index contributed by atoms with van der Waals surface area (Å²) in [6.45, 7) is -1.31. The summed E-state index contributed by atoms with van der Waals surface area (Å²) >= 11 is 0. The number of fused-ring (bicyclic) bond motifs is 1. The fraction of sp³-hybridized carbons (Fsp3) is 0.500. The fourth-order valence-corrected chi connectivity index (χ4v) is 3.76. The topological polar surface area (TPSA) is 46.2 Å². The summed E-state index contributed by atoms with van der Waals surface area (Å²) < 4.78 is 86.9. The van der Waals surface area contributed by atoms with Crippen LogP contribution in [0.5, 0.6) is 0 Å². The van der Waals surface area contributed by atoms with E-state index in [1.807, 2.05) is 0 Å². The number of halogens is 5. The van der Waals surface area contributed by atoms with E-state index in [-0.39, 0.29) is 22.6 Å². The van der Waals surface area contributed by atoms with Gasteiger partial charge in [-0.25, -0.2) is 21.6 Å². The molecule has 21 heavy (non-hydrogen) atoms. The second kappa shape index (κ2) is 5.53. The first-order valence-electron chi connectivity index (χ1n) is 6.05. The Hall–Kier alpha value is -1.22. The molecule has 9 heteroatoms. The van der Waals surface area contributed by atoms with Gasteiger partial charge in [-0.1, -0.05) is 0 Å². The molecule has 0 bridgehead atoms. The minimum Gasteiger partial charge on any atom is -0.304 e. The van der Waals surface area contributed by atoms with Crippen molar-refractivity contribution in [3.8, 4) is 0 Å². The van der Waals surface area contributed by atoms with Crippen LogP contribution in [0.4, 0.5) is 22.0 Å². The van der Waals surface area contributed by atoms with Gasteiger partial charge in [-0.3, -0.25) is 0 Å². The van der Waals surface area contributed by atoms with Crippen molar-refractivity contribution >= 4 is 9.84 Å². The summed E-state index contributed by atoms with van der Waals surface area (Å²) in [7, 11) is -3.60. The van der Waals surface area contributed by atoms with Gasteiger partial charge in [-0.2, -0.15) is 8.78 Å². The van der Waals surface area contributed by atoms with Crippen LogP contribution >= 0.6 is 0 Å². The van der Waals surface area contributed by atoms with Gasteiger partial charge in [0.1, 0.15) is 5.82 Å². The molecule has 1 aromatic carbocycles. The summed E-state index contributed by atoms with van der Waals surface area (Å²) in [4.78, 5) is -0.159. The lowest BCUT2D eigenvalue weighted by molar-refractivity contribution is -0.126. The molecular weight excluding hydrogens is 317 g/mol. The van der Waals surface area contributed by atoms with E-state index in [1.54, 1.807) is 0 Å². The molecule has 0 aromatic heterocycles. The monoisotopic (exact) mass is 329 g/mol. The van der Waals surface area contributed by atoms with Crippen molar-refractivity contribution in [2.24, 2.45) is 0 Å². The van der Waals surface area contributed by atoms with E-state index in [0.29, 0.717) is 0 Å². The number of benzene rings is 1. The molecule has 1 atom stereocenters. The predicted molar refractivity (Wildman–Crippen MR) is 64.8 cm³/mol. The molecule has 0 saturated heterocycles. The van der Waals surface area contributed by atoms with E-state index in [2.05, 4.69) is 5.32 Å². The molecule has 1 unspecified atom stereocenters. The Kier molecular flexibility index (Phi) is 4.25. The zero-order valence-corrected chi connectivity index (χ0v) is 11.4. The molecule has 1 aliphatic heterocycles. The van der Waals surface area contributed by atoms with Crippen molar-refractivity contribution in [1.82, 2.24) is 5.32 Å². The van der Waals surface area contributed by atoms with Gasteiger partial charge >= 0.3 is 12.3 Å². The predicted octanol–water partition coefficient (Wildman–Crippen LogP) is 2.53. The van der Waals surface area contributed by atoms with Crippen LogP contribution in [0.3, 0.4) is 0 Å². The van der Waals surface area contributed by atoms with E-state index in [0.717, 1.165) is 18.2 Å². The van der Waals surface area contributed by atoms with Gasteiger partial charge in [0.25, 0.3) is 0 Å². The largest absolute Gasteiger partial charge is 0.319 e. The van der Waals surface area contributed by atoms with Gasteiger partial charge in [-0.15, -0.1) is 0 Å². The summed E-state index contributed by atoms with van der Waals surface area (Å²) in [6, 6.07) is 2.01. The highest BCUT2D eigenvalue weighted by Crippen LogP contribution is 2.33. The second-order valence-electron chi connectivity index (χ2n) is 4.78. The molecule has 1 aromatic rings. The van der Waals surface area contributed by atoms with E-state index in [9.17, 15) is 30.4 Å². The number of sulfone groups is 1. The molecule has 3 nitrogen and oxygen atoms in total. The highest BCUT2D eigenvalue weighted by Gasteiger charge is 2.41. The third kappa shape index (κ3) is 3.34. The van der Waals surface area contributed by atoms with Crippen LogP contribution in [0.2, 0.25) is 0 Å². The highest BCUT2D eigenvalue weighted by molar-refractivity contribution is 7.91. The second-order valence-corrected chi connectivity index (χ2v) is 6.86. The molecule has 1 N–H and O–H groups in total. The van der Waals surface area contributed by atoms with Gasteiger partial charge in [0.2, 0.25) is 0 Å². The quantitative estimate of drug-likeness (QED) is 0.682. The Bertz CT molecular complexity index is 633. The molecule has 1 aliphatic rings. The van der Waals surface area contributed by atoms with E-state index < -0.39 is 40.6 Å². The molecule has 118 valence electrons. The number of hydrogen-bond acceptors (Lipinski definition) is 3. The van der Waals surface area contributed by atoms with E-state index in [1.165, 1.54) is 0 Å². The third-order valence-corrected chi connectivity index (χ3v) is 5.08. The smallest absolute Gasteiger partial charge is 0.304 e. The lowest BCUT2D eigenvalue weighted by atomic mass is 10.0. The first-order chi connectivity index (χ1) is 9.63. The average molecular weight is 329 g/mol. The maximum Gasteiger partial charge on any atom is 0.319 e. The zero-order chi connectivity index (χ0) is 15.8. The van der Waals surface area contributed by atoms with Crippen LogP contribution < -0.4 is 5.32 Å². The van der Waals surface area contributed by atoms with Gasteiger partial charge in [0, 0.05) is 6.04 Å². The Balaban J connectivity index is 2.26. The van der Waals surface area contributed by atoms with Gasteiger partial charge in [0.15, 0.2) is 9.84 Å². The number of nitrogens with one attached hydrogen (secondary N) is 1. The lowest BCUT2D eigenvalue weighted by Gasteiger charge is -2.28. The highest BCUT2D eigenvalue weighted by atomic mass is 32.2. The maximum atomic E-state index is 13.2. The molecular formula is C12H12F5NO2S. The Morgan fingerprint density at radius 2 is 2.00 bits per heavy atom. The average Bonchev–Trinajstić information content (AvgIpc) is 2.37. The third-order valence-electron chi connectivity index (χ3n) is 3.26. The first-order valence-corrected chi connectivity index (χ1v) is 7.70. The fourth-order valence-electron chi connectivity index (χ4n) is 2.16. The van der Waals surface area contributed by atoms with Crippen LogP contribution in [0.1, 0.15) is 18.0 Å². The minimum absolute atomic E-state index is 0.00804. The van der Waals surface area contributed by atoms with E-state index >= 15 is 0 Å². The SMILES string of the molecule is O=S1(=O)CCC(NCC(F)(F)C(F)F)c2cc(F)ccc21. The van der Waals surface area contributed by atoms with Crippen molar-refractivity contribution in [2.75, 3.05) is 12.3 Å². The van der Waals surface area contributed by atoms with Crippen LogP contribution in [0, 0.1) is 5.82 Å². The standard InChI is InChI=1S/C12H12F5NO2S/c13-7-1-2-10-8(5-7)9(3-4-21(10,19)20)18-6-12(16,17)11(14)15/h1-2,5,9,11,18H,3-4,6H2. The Labute approximate surface area is 118 Å². The van der Waals surface area contributed by atoms with Crippen LogP contribution in [0.25, 0.3) is 0 Å². The minimum atomic E-state index is -4.23. The Morgan fingerprint density at radius 1 is 1.33 bits per heavy atom. The molecule has 0 spiro atoms. The Morgan fingerprint density at radius 3 is 2.62 bits per heavy atom. The van der Waals surface area contributed by atoms with Gasteiger partial charge in [-0.05, 0) is 30.2 Å². The maximum absolute atomic E-state index is 13.2. The number of alkyl halides is 4. The molecule has 0 fully saturated rings. The van der Waals surface area contributed by atoms with Crippen molar-refractivity contribution < 1.29 is 30.4 Å². The molecule has 1 heterocycles. The van der Waals surface area contributed by atoms with Crippen LogP contribution in [0.15, 0.2) is 23.1 Å². The van der Waals surface area contributed by atoms with Crippen LogP contribution in [-0.2, 0) is 9.84 Å². The zero-order valence-electron chi connectivity index (χ0n) is 10.6. The molecule has 0 radical (unpaired) electrons. The molecule has 2 rings (SSSR count). The first kappa shape index (κ1) is 16.2.